The maximum atomic E-state index is 12.3. The molecule has 3 aliphatic rings. The molecule has 5 nitrogen and oxygen atoms in total. The molecule has 3 rings (SSSR count). The Labute approximate surface area is 140 Å². The van der Waals surface area contributed by atoms with E-state index in [9.17, 15) is 19.6 Å². The predicted octanol–water partition coefficient (Wildman–Crippen LogP) is 2.00. The van der Waals surface area contributed by atoms with Gasteiger partial charge in [0.25, 0.3) is 5.91 Å². The molecule has 2 N–H and O–H groups in total. The zero-order valence-electron chi connectivity index (χ0n) is 14.1. The van der Waals surface area contributed by atoms with E-state index in [1.807, 2.05) is 26.8 Å². The van der Waals surface area contributed by atoms with Gasteiger partial charge in [-0.1, -0.05) is 32.9 Å². The van der Waals surface area contributed by atoms with E-state index in [0.717, 1.165) is 18.4 Å². The fourth-order valence-corrected chi connectivity index (χ4v) is 4.81. The summed E-state index contributed by atoms with van der Waals surface area (Å²) in [6.07, 6.45) is 6.41. The average Bonchev–Trinajstić information content (AvgIpc) is 2.52. The van der Waals surface area contributed by atoms with Gasteiger partial charge < -0.3 is 5.73 Å². The Morgan fingerprint density at radius 2 is 2.00 bits per heavy atom. The highest BCUT2D eigenvalue weighted by Crippen LogP contribution is 2.60. The van der Waals surface area contributed by atoms with Gasteiger partial charge in [0.05, 0.1) is 11.1 Å². The van der Waals surface area contributed by atoms with Crippen LogP contribution in [0.5, 0.6) is 0 Å². The van der Waals surface area contributed by atoms with Crippen molar-refractivity contribution in [1.82, 2.24) is 0 Å². The summed E-state index contributed by atoms with van der Waals surface area (Å²) in [6, 6.07) is 2.00. The monoisotopic (exact) mass is 324 g/mol. The largest absolute Gasteiger partial charge is 0.365 e. The van der Waals surface area contributed by atoms with Crippen LogP contribution in [-0.4, -0.2) is 17.5 Å². The van der Waals surface area contributed by atoms with E-state index in [-0.39, 0.29) is 28.8 Å². The number of primary amides is 1. The standard InChI is InChI=1S/C19H20N2O3/c1-10-13-4-5-18(2)8-12(17(21)24)14(22)6-15(18)19(13,3)7-11(9-20)16(10)23/h6-8,10,13H,4-5H2,1-3H3,(H2,21,24)/t10?,13?,18-,19-/m0/s1. The fourth-order valence-electron chi connectivity index (χ4n) is 4.81. The highest BCUT2D eigenvalue weighted by Gasteiger charge is 2.54. The Hall–Kier alpha value is -2.48. The van der Waals surface area contributed by atoms with E-state index in [2.05, 4.69) is 0 Å². The van der Waals surface area contributed by atoms with Crippen molar-refractivity contribution in [3.63, 3.8) is 0 Å². The van der Waals surface area contributed by atoms with Crippen LogP contribution in [0.2, 0.25) is 0 Å². The molecule has 24 heavy (non-hydrogen) atoms. The second-order valence-corrected chi connectivity index (χ2v) is 7.51. The summed E-state index contributed by atoms with van der Waals surface area (Å²) in [6.45, 7) is 5.82. The topological polar surface area (TPSA) is 101 Å². The molecular weight excluding hydrogens is 304 g/mol. The number of carbonyl (C=O) groups is 3. The lowest BCUT2D eigenvalue weighted by Crippen LogP contribution is -2.49. The molecule has 1 amide bonds. The van der Waals surface area contributed by atoms with Crippen LogP contribution in [0.1, 0.15) is 33.6 Å². The Balaban J connectivity index is 2.20. The van der Waals surface area contributed by atoms with Crippen molar-refractivity contribution in [2.75, 3.05) is 0 Å². The van der Waals surface area contributed by atoms with Crippen LogP contribution in [0.25, 0.3) is 0 Å². The maximum absolute atomic E-state index is 12.3. The van der Waals surface area contributed by atoms with Crippen LogP contribution in [0.3, 0.4) is 0 Å². The number of carbonyl (C=O) groups excluding carboxylic acids is 3. The lowest BCUT2D eigenvalue weighted by Gasteiger charge is -2.54. The molecule has 0 aromatic rings. The van der Waals surface area contributed by atoms with Crippen molar-refractivity contribution in [2.45, 2.75) is 33.6 Å². The summed E-state index contributed by atoms with van der Waals surface area (Å²) in [5, 5.41) is 9.31. The Morgan fingerprint density at radius 1 is 1.33 bits per heavy atom. The quantitative estimate of drug-likeness (QED) is 0.745. The van der Waals surface area contributed by atoms with Crippen LogP contribution in [-0.2, 0) is 14.4 Å². The van der Waals surface area contributed by atoms with Gasteiger partial charge in [-0.15, -0.1) is 0 Å². The number of nitrogens with two attached hydrogens (primary N) is 1. The number of fused-ring (bicyclic) bond motifs is 3. The Morgan fingerprint density at radius 3 is 2.58 bits per heavy atom. The second kappa shape index (κ2) is 5.01. The molecule has 0 saturated heterocycles. The molecule has 5 heteroatoms. The third-order valence-corrected chi connectivity index (χ3v) is 6.06. The molecule has 0 aromatic heterocycles. The van der Waals surface area contributed by atoms with Gasteiger partial charge in [-0.3, -0.25) is 14.4 Å². The normalized spacial score (nSPS) is 38.2. The minimum absolute atomic E-state index is 0.0210. The van der Waals surface area contributed by atoms with E-state index in [4.69, 9.17) is 5.73 Å². The van der Waals surface area contributed by atoms with Crippen molar-refractivity contribution in [3.8, 4) is 6.07 Å². The minimum atomic E-state index is -0.718. The third kappa shape index (κ3) is 2.02. The summed E-state index contributed by atoms with van der Waals surface area (Å²) < 4.78 is 0. The van der Waals surface area contributed by atoms with Crippen molar-refractivity contribution in [2.24, 2.45) is 28.4 Å². The van der Waals surface area contributed by atoms with Crippen molar-refractivity contribution >= 4 is 17.5 Å². The molecule has 2 unspecified atom stereocenters. The summed E-state index contributed by atoms with van der Waals surface area (Å²) in [5.74, 6) is -1.47. The molecule has 1 fully saturated rings. The molecule has 124 valence electrons. The first kappa shape index (κ1) is 16.4. The maximum Gasteiger partial charge on any atom is 0.252 e. The number of rotatable bonds is 1. The van der Waals surface area contributed by atoms with Gasteiger partial charge in [0.1, 0.15) is 6.07 Å². The number of amides is 1. The Kier molecular flexibility index (Phi) is 3.42. The predicted molar refractivity (Wildman–Crippen MR) is 87.2 cm³/mol. The van der Waals surface area contributed by atoms with Gasteiger partial charge in [0.2, 0.25) is 0 Å². The van der Waals surface area contributed by atoms with Crippen LogP contribution in [0.15, 0.2) is 34.9 Å². The average molecular weight is 324 g/mol. The van der Waals surface area contributed by atoms with Crippen molar-refractivity contribution in [3.05, 3.63) is 34.9 Å². The summed E-state index contributed by atoms with van der Waals surface area (Å²) >= 11 is 0. The first-order chi connectivity index (χ1) is 11.1. The van der Waals surface area contributed by atoms with Gasteiger partial charge in [-0.25, -0.2) is 0 Å². The van der Waals surface area contributed by atoms with E-state index in [1.165, 1.54) is 6.08 Å². The molecule has 1 saturated carbocycles. The molecule has 0 radical (unpaired) electrons. The van der Waals surface area contributed by atoms with Gasteiger partial charge >= 0.3 is 0 Å². The molecule has 0 aliphatic heterocycles. The number of nitrogens with zero attached hydrogens (tertiary/aromatic N) is 1. The van der Waals surface area contributed by atoms with Crippen molar-refractivity contribution in [1.29, 1.82) is 5.26 Å². The van der Waals surface area contributed by atoms with E-state index in [1.54, 1.807) is 12.2 Å². The second-order valence-electron chi connectivity index (χ2n) is 7.51. The minimum Gasteiger partial charge on any atom is -0.365 e. The summed E-state index contributed by atoms with van der Waals surface area (Å²) in [5.41, 5.74) is 5.35. The lowest BCUT2D eigenvalue weighted by molar-refractivity contribution is -0.122. The van der Waals surface area contributed by atoms with Gasteiger partial charge in [-0.2, -0.15) is 5.26 Å². The SMILES string of the molecule is CC1C(=O)C(C#N)=C[C@]2(C)C3=CC(=O)C(C(N)=O)=C[C@]3(C)CCC12. The number of hydrogen-bond donors (Lipinski definition) is 1. The van der Waals surface area contributed by atoms with Crippen LogP contribution < -0.4 is 5.73 Å². The van der Waals surface area contributed by atoms with Gasteiger partial charge in [0.15, 0.2) is 11.6 Å². The zero-order valence-corrected chi connectivity index (χ0v) is 14.1. The number of Topliss-reactive ketones (excluding diaryl/α,β-unsaturated/α-hetero) is 1. The highest BCUT2D eigenvalue weighted by atomic mass is 16.2. The molecule has 0 spiro atoms. The van der Waals surface area contributed by atoms with E-state index >= 15 is 0 Å². The van der Waals surface area contributed by atoms with Gasteiger partial charge in [-0.05, 0) is 30.4 Å². The molecule has 3 aliphatic carbocycles. The number of ketones is 2. The molecule has 4 atom stereocenters. The lowest BCUT2D eigenvalue weighted by atomic mass is 9.49. The van der Waals surface area contributed by atoms with E-state index in [0.29, 0.717) is 0 Å². The number of allylic oxidation sites excluding steroid dienone is 5. The first-order valence-corrected chi connectivity index (χ1v) is 8.11. The number of nitriles is 1. The fraction of sp³-hybridized carbons (Fsp3) is 0.474. The molecule has 0 bridgehead atoms. The summed E-state index contributed by atoms with van der Waals surface area (Å²) in [7, 11) is 0. The smallest absolute Gasteiger partial charge is 0.252 e. The Bertz CT molecular complexity index is 811. The first-order valence-electron chi connectivity index (χ1n) is 8.11. The highest BCUT2D eigenvalue weighted by molar-refractivity contribution is 6.24. The van der Waals surface area contributed by atoms with E-state index < -0.39 is 22.5 Å². The summed E-state index contributed by atoms with van der Waals surface area (Å²) in [4.78, 5) is 36.2. The van der Waals surface area contributed by atoms with Crippen LogP contribution >= 0.6 is 0 Å². The van der Waals surface area contributed by atoms with Crippen molar-refractivity contribution < 1.29 is 14.4 Å². The van der Waals surface area contributed by atoms with Crippen LogP contribution in [0, 0.1) is 34.0 Å². The van der Waals surface area contributed by atoms with Gasteiger partial charge in [0, 0.05) is 16.7 Å². The molecule has 0 aromatic carbocycles. The number of hydrogen-bond acceptors (Lipinski definition) is 4. The zero-order chi connectivity index (χ0) is 17.9. The molecular formula is C19H20N2O3. The third-order valence-electron chi connectivity index (χ3n) is 6.06. The molecule has 0 heterocycles. The van der Waals surface area contributed by atoms with Crippen LogP contribution in [0.4, 0.5) is 0 Å².